The van der Waals surface area contributed by atoms with Crippen LogP contribution in [-0.2, 0) is 16.4 Å². The average molecular weight is 385 g/mol. The topological polar surface area (TPSA) is 102 Å². The molecule has 0 spiro atoms. The van der Waals surface area contributed by atoms with Crippen molar-refractivity contribution in [3.63, 3.8) is 0 Å². The summed E-state index contributed by atoms with van der Waals surface area (Å²) in [7, 11) is -4.11. The lowest BCUT2D eigenvalue weighted by Crippen LogP contribution is -2.22. The summed E-state index contributed by atoms with van der Waals surface area (Å²) in [6.07, 6.45) is 3.05. The molecule has 0 radical (unpaired) electrons. The molecule has 1 aromatic heterocycles. The summed E-state index contributed by atoms with van der Waals surface area (Å²) >= 11 is 0. The number of nitrogens with zero attached hydrogens (tertiary/aromatic N) is 1. The Morgan fingerprint density at radius 3 is 2.44 bits per heavy atom. The van der Waals surface area contributed by atoms with Crippen molar-refractivity contribution in [1.29, 1.82) is 0 Å². The summed E-state index contributed by atoms with van der Waals surface area (Å²) in [6.45, 7) is 0. The van der Waals surface area contributed by atoms with Gasteiger partial charge in [0.2, 0.25) is 5.91 Å². The quantitative estimate of drug-likeness (QED) is 0.681. The monoisotopic (exact) mass is 385 g/mol. The molecule has 0 aliphatic heterocycles. The highest BCUT2D eigenvalue weighted by molar-refractivity contribution is 7.92. The van der Waals surface area contributed by atoms with E-state index in [9.17, 15) is 17.6 Å². The second-order valence-electron chi connectivity index (χ2n) is 5.81. The van der Waals surface area contributed by atoms with Gasteiger partial charge < -0.3 is 5.73 Å². The smallest absolute Gasteiger partial charge is 0.263 e. The van der Waals surface area contributed by atoms with E-state index in [0.717, 1.165) is 0 Å². The molecule has 2 aromatic carbocycles. The highest BCUT2D eigenvalue weighted by atomic mass is 32.2. The maximum Gasteiger partial charge on any atom is 0.263 e. The van der Waals surface area contributed by atoms with Gasteiger partial charge in [-0.1, -0.05) is 24.3 Å². The summed E-state index contributed by atoms with van der Waals surface area (Å²) in [5, 5.41) is 0. The van der Waals surface area contributed by atoms with Gasteiger partial charge in [0, 0.05) is 6.20 Å². The van der Waals surface area contributed by atoms with Crippen LogP contribution in [0.1, 0.15) is 21.5 Å². The van der Waals surface area contributed by atoms with E-state index in [1.165, 1.54) is 36.7 Å². The van der Waals surface area contributed by atoms with Crippen molar-refractivity contribution in [3.8, 4) is 0 Å². The third-order valence-corrected chi connectivity index (χ3v) is 5.38. The van der Waals surface area contributed by atoms with Crippen molar-refractivity contribution in [2.45, 2.75) is 11.3 Å². The molecule has 138 valence electrons. The number of rotatable bonds is 6. The number of hydrogen-bond acceptors (Lipinski definition) is 4. The molecule has 0 aliphatic rings. The predicted molar refractivity (Wildman–Crippen MR) is 99.2 cm³/mol. The molecular formula is C19H16FN3O3S. The second kappa shape index (κ2) is 7.55. The van der Waals surface area contributed by atoms with E-state index in [2.05, 4.69) is 9.71 Å². The second-order valence-corrected chi connectivity index (χ2v) is 7.43. The van der Waals surface area contributed by atoms with E-state index in [1.54, 1.807) is 30.3 Å². The summed E-state index contributed by atoms with van der Waals surface area (Å²) in [4.78, 5) is 15.5. The van der Waals surface area contributed by atoms with Crippen LogP contribution in [0.25, 0.3) is 0 Å². The van der Waals surface area contributed by atoms with E-state index >= 15 is 0 Å². The minimum absolute atomic E-state index is 0.119. The molecule has 3 N–H and O–H groups in total. The van der Waals surface area contributed by atoms with Gasteiger partial charge in [0.05, 0.1) is 17.4 Å². The fraction of sp³-hybridized carbons (Fsp3) is 0.0526. The molecule has 3 aromatic rings. The Morgan fingerprint density at radius 1 is 1.07 bits per heavy atom. The molecule has 1 heterocycles. The number of aromatic nitrogens is 1. The van der Waals surface area contributed by atoms with Gasteiger partial charge in [-0.3, -0.25) is 14.5 Å². The van der Waals surface area contributed by atoms with E-state index in [0.29, 0.717) is 11.1 Å². The van der Waals surface area contributed by atoms with Gasteiger partial charge in [-0.05, 0) is 47.9 Å². The lowest BCUT2D eigenvalue weighted by atomic mass is 10.0. The highest BCUT2D eigenvalue weighted by Crippen LogP contribution is 2.26. The first-order chi connectivity index (χ1) is 12.9. The van der Waals surface area contributed by atoms with Crippen LogP contribution in [0, 0.1) is 5.82 Å². The highest BCUT2D eigenvalue weighted by Gasteiger charge is 2.25. The van der Waals surface area contributed by atoms with Crippen LogP contribution >= 0.6 is 0 Å². The number of nitrogens with two attached hydrogens (primary N) is 1. The van der Waals surface area contributed by atoms with Crippen molar-refractivity contribution >= 4 is 21.6 Å². The minimum atomic E-state index is -4.11. The first-order valence-corrected chi connectivity index (χ1v) is 9.44. The zero-order valence-corrected chi connectivity index (χ0v) is 14.9. The molecule has 0 bridgehead atoms. The molecule has 0 saturated carbocycles. The molecule has 1 amide bonds. The Morgan fingerprint density at radius 2 is 1.81 bits per heavy atom. The Kier molecular flexibility index (Phi) is 5.18. The van der Waals surface area contributed by atoms with Crippen molar-refractivity contribution in [2.24, 2.45) is 5.73 Å². The van der Waals surface area contributed by atoms with Crippen LogP contribution in [0.3, 0.4) is 0 Å². The van der Waals surface area contributed by atoms with E-state index in [-0.39, 0.29) is 22.6 Å². The van der Waals surface area contributed by atoms with Crippen LogP contribution in [0.5, 0.6) is 0 Å². The molecule has 27 heavy (non-hydrogen) atoms. The number of hydrogen-bond donors (Lipinski definition) is 2. The number of amides is 1. The van der Waals surface area contributed by atoms with E-state index in [4.69, 9.17) is 5.73 Å². The number of nitrogens with one attached hydrogen (secondary N) is 1. The third-order valence-electron chi connectivity index (χ3n) is 3.85. The maximum absolute atomic E-state index is 13.1. The number of benzene rings is 2. The SMILES string of the molecule is NC(=O)c1cccc(Cc2ccc(F)cc2)c1S(=O)(=O)Nc1cccnc1. The van der Waals surface area contributed by atoms with Gasteiger partial charge in [0.25, 0.3) is 10.0 Å². The molecule has 0 saturated heterocycles. The maximum atomic E-state index is 13.1. The summed E-state index contributed by atoms with van der Waals surface area (Å²) in [6, 6.07) is 13.3. The third kappa shape index (κ3) is 4.29. The first kappa shape index (κ1) is 18.5. The summed E-state index contributed by atoms with van der Waals surface area (Å²) in [5.74, 6) is -1.25. The van der Waals surface area contributed by atoms with E-state index < -0.39 is 21.7 Å². The number of carbonyl (C=O) groups is 1. The molecule has 6 nitrogen and oxygen atoms in total. The van der Waals surface area contributed by atoms with Gasteiger partial charge in [-0.25, -0.2) is 12.8 Å². The number of carbonyl (C=O) groups excluding carboxylic acids is 1. The molecule has 0 aliphatic carbocycles. The Hall–Kier alpha value is -3.26. The van der Waals surface area contributed by atoms with Crippen molar-refractivity contribution in [2.75, 3.05) is 4.72 Å². The van der Waals surface area contributed by atoms with Gasteiger partial charge >= 0.3 is 0 Å². The van der Waals surface area contributed by atoms with Crippen LogP contribution in [-0.4, -0.2) is 19.3 Å². The van der Waals surface area contributed by atoms with Gasteiger partial charge in [-0.2, -0.15) is 0 Å². The zero-order valence-electron chi connectivity index (χ0n) is 14.1. The Balaban J connectivity index is 2.08. The summed E-state index contributed by atoms with van der Waals surface area (Å²) < 4.78 is 41.5. The molecule has 8 heteroatoms. The van der Waals surface area contributed by atoms with Gasteiger partial charge in [-0.15, -0.1) is 0 Å². The molecule has 0 fully saturated rings. The Bertz CT molecular complexity index is 1070. The predicted octanol–water partition coefficient (Wildman–Crippen LogP) is 2.71. The van der Waals surface area contributed by atoms with Crippen LogP contribution in [0.4, 0.5) is 10.1 Å². The van der Waals surface area contributed by atoms with Crippen LogP contribution in [0.2, 0.25) is 0 Å². The molecule has 0 atom stereocenters. The average Bonchev–Trinajstić information content (AvgIpc) is 2.64. The zero-order chi connectivity index (χ0) is 19.4. The Labute approximate surface area is 155 Å². The minimum Gasteiger partial charge on any atom is -0.366 e. The number of sulfonamides is 1. The largest absolute Gasteiger partial charge is 0.366 e. The fourth-order valence-corrected chi connectivity index (χ4v) is 4.16. The van der Waals surface area contributed by atoms with Crippen molar-refractivity contribution in [1.82, 2.24) is 4.98 Å². The molecular weight excluding hydrogens is 369 g/mol. The number of halogens is 1. The lowest BCUT2D eigenvalue weighted by Gasteiger charge is -2.15. The van der Waals surface area contributed by atoms with Crippen LogP contribution < -0.4 is 10.5 Å². The van der Waals surface area contributed by atoms with Gasteiger partial charge in [0.1, 0.15) is 10.7 Å². The standard InChI is InChI=1S/C19H16FN3O3S/c20-15-8-6-13(7-9-15)11-14-3-1-5-17(19(21)24)18(14)27(25,26)23-16-4-2-10-22-12-16/h1-10,12,23H,11H2,(H2,21,24). The van der Waals surface area contributed by atoms with Crippen molar-refractivity contribution in [3.05, 3.63) is 89.5 Å². The number of anilines is 1. The fourth-order valence-electron chi connectivity index (χ4n) is 2.69. The lowest BCUT2D eigenvalue weighted by molar-refractivity contribution is 0.0997. The molecule has 0 unspecified atom stereocenters. The van der Waals surface area contributed by atoms with E-state index in [1.807, 2.05) is 0 Å². The normalized spacial score (nSPS) is 11.1. The number of primary amides is 1. The molecule has 3 rings (SSSR count). The van der Waals surface area contributed by atoms with Crippen LogP contribution in [0.15, 0.2) is 71.9 Å². The number of pyridine rings is 1. The summed E-state index contributed by atoms with van der Waals surface area (Å²) in [5.41, 5.74) is 6.59. The van der Waals surface area contributed by atoms with Gasteiger partial charge in [0.15, 0.2) is 0 Å². The van der Waals surface area contributed by atoms with Crippen molar-refractivity contribution < 1.29 is 17.6 Å². The first-order valence-electron chi connectivity index (χ1n) is 7.96.